The van der Waals surface area contributed by atoms with Crippen molar-refractivity contribution in [2.45, 2.75) is 13.8 Å². The number of benzene rings is 1. The van der Waals surface area contributed by atoms with Crippen LogP contribution in [0, 0.1) is 12.5 Å². The standard InChI is InChI=1S/C11H14N4/c1-3-4-9-7-10(6-5-8(9)2)11(12)14-15-13/h3-7H,1-2H3,(H3,12,13,14)/b4-3-. The van der Waals surface area contributed by atoms with Crippen molar-refractivity contribution in [2.24, 2.45) is 16.1 Å². The highest BCUT2D eigenvalue weighted by atomic mass is 15.3. The first-order valence-corrected chi connectivity index (χ1v) is 4.62. The fraction of sp³-hybridized carbons (Fsp3) is 0.182. The zero-order valence-corrected chi connectivity index (χ0v) is 8.86. The largest absolute Gasteiger partial charge is 0.382 e. The first kappa shape index (κ1) is 11.1. The summed E-state index contributed by atoms with van der Waals surface area (Å²) in [4.78, 5) is 0. The van der Waals surface area contributed by atoms with Gasteiger partial charge in [0, 0.05) is 5.56 Å². The number of nitrogens with two attached hydrogens (primary N) is 1. The van der Waals surface area contributed by atoms with Gasteiger partial charge in [-0.1, -0.05) is 29.5 Å². The highest BCUT2D eigenvalue weighted by Crippen LogP contribution is 2.12. The SMILES string of the molecule is C/C=C\c1cc(C(N)=NN=N)ccc1C. The summed E-state index contributed by atoms with van der Waals surface area (Å²) in [6.07, 6.45) is 3.97. The van der Waals surface area contributed by atoms with E-state index >= 15 is 0 Å². The van der Waals surface area contributed by atoms with Gasteiger partial charge in [0.05, 0.1) is 0 Å². The topological polar surface area (TPSA) is 74.6 Å². The van der Waals surface area contributed by atoms with Crippen molar-refractivity contribution in [1.82, 2.24) is 0 Å². The van der Waals surface area contributed by atoms with E-state index in [0.29, 0.717) is 0 Å². The van der Waals surface area contributed by atoms with Crippen LogP contribution < -0.4 is 5.73 Å². The third-order valence-corrected chi connectivity index (χ3v) is 2.08. The van der Waals surface area contributed by atoms with Crippen molar-refractivity contribution in [3.63, 3.8) is 0 Å². The molecule has 0 saturated heterocycles. The van der Waals surface area contributed by atoms with Crippen molar-refractivity contribution in [2.75, 3.05) is 0 Å². The van der Waals surface area contributed by atoms with Crippen molar-refractivity contribution >= 4 is 11.9 Å². The zero-order chi connectivity index (χ0) is 11.3. The second kappa shape index (κ2) is 5.05. The predicted molar refractivity (Wildman–Crippen MR) is 61.8 cm³/mol. The Bertz CT molecular complexity index is 419. The van der Waals surface area contributed by atoms with Crippen LogP contribution in [-0.4, -0.2) is 5.84 Å². The third-order valence-electron chi connectivity index (χ3n) is 2.08. The average molecular weight is 202 g/mol. The summed E-state index contributed by atoms with van der Waals surface area (Å²) >= 11 is 0. The van der Waals surface area contributed by atoms with Gasteiger partial charge in [0.2, 0.25) is 0 Å². The van der Waals surface area contributed by atoms with Crippen LogP contribution in [0.4, 0.5) is 0 Å². The molecule has 0 bridgehead atoms. The lowest BCUT2D eigenvalue weighted by Crippen LogP contribution is -2.12. The molecular weight excluding hydrogens is 188 g/mol. The molecule has 0 aromatic heterocycles. The molecule has 0 aliphatic carbocycles. The van der Waals surface area contributed by atoms with Crippen LogP contribution in [0.3, 0.4) is 0 Å². The molecule has 1 aromatic rings. The molecule has 0 aliphatic heterocycles. The Morgan fingerprint density at radius 3 is 2.80 bits per heavy atom. The maximum atomic E-state index is 6.60. The highest BCUT2D eigenvalue weighted by molar-refractivity contribution is 5.97. The minimum absolute atomic E-state index is 0.260. The quantitative estimate of drug-likeness (QED) is 0.336. The molecule has 0 amide bonds. The monoisotopic (exact) mass is 202 g/mol. The van der Waals surface area contributed by atoms with Gasteiger partial charge >= 0.3 is 0 Å². The summed E-state index contributed by atoms with van der Waals surface area (Å²) in [5.41, 5.74) is 15.3. The molecule has 1 rings (SSSR count). The average Bonchev–Trinajstić information content (AvgIpc) is 2.22. The highest BCUT2D eigenvalue weighted by Gasteiger charge is 2.01. The molecule has 0 atom stereocenters. The van der Waals surface area contributed by atoms with Crippen molar-refractivity contribution < 1.29 is 0 Å². The fourth-order valence-electron chi connectivity index (χ4n) is 1.27. The Hall–Kier alpha value is -1.97. The van der Waals surface area contributed by atoms with Crippen molar-refractivity contribution in [3.8, 4) is 0 Å². The number of hydrogen-bond donors (Lipinski definition) is 2. The van der Waals surface area contributed by atoms with E-state index in [1.807, 2.05) is 44.2 Å². The Kier molecular flexibility index (Phi) is 3.74. The summed E-state index contributed by atoms with van der Waals surface area (Å²) in [6, 6.07) is 5.77. The lowest BCUT2D eigenvalue weighted by molar-refractivity contribution is 0.986. The zero-order valence-electron chi connectivity index (χ0n) is 8.86. The van der Waals surface area contributed by atoms with Crippen molar-refractivity contribution in [3.05, 3.63) is 41.0 Å². The van der Waals surface area contributed by atoms with Gasteiger partial charge < -0.3 is 5.73 Å². The van der Waals surface area contributed by atoms with Crippen LogP contribution in [0.5, 0.6) is 0 Å². The van der Waals surface area contributed by atoms with E-state index in [1.165, 1.54) is 5.56 Å². The summed E-state index contributed by atoms with van der Waals surface area (Å²) in [5, 5.41) is 6.39. The van der Waals surface area contributed by atoms with Gasteiger partial charge in [-0.15, -0.1) is 5.10 Å². The number of nitrogens with zero attached hydrogens (tertiary/aromatic N) is 2. The van der Waals surface area contributed by atoms with E-state index < -0.39 is 0 Å². The van der Waals surface area contributed by atoms with Crippen LogP contribution >= 0.6 is 0 Å². The summed E-state index contributed by atoms with van der Waals surface area (Å²) in [5.74, 6) is 0.260. The number of allylic oxidation sites excluding steroid dienone is 1. The lowest BCUT2D eigenvalue weighted by atomic mass is 10.0. The molecule has 0 heterocycles. The minimum atomic E-state index is 0.260. The molecule has 4 heteroatoms. The molecular formula is C11H14N4. The van der Waals surface area contributed by atoms with E-state index in [9.17, 15) is 0 Å². The maximum absolute atomic E-state index is 6.60. The van der Waals surface area contributed by atoms with Gasteiger partial charge in [-0.2, -0.15) is 5.53 Å². The fourth-order valence-corrected chi connectivity index (χ4v) is 1.27. The minimum Gasteiger partial charge on any atom is -0.382 e. The first-order chi connectivity index (χ1) is 7.19. The molecule has 0 spiro atoms. The van der Waals surface area contributed by atoms with Gasteiger partial charge in [0.25, 0.3) is 0 Å². The van der Waals surface area contributed by atoms with E-state index in [-0.39, 0.29) is 5.84 Å². The van der Waals surface area contributed by atoms with Gasteiger partial charge in [-0.3, -0.25) is 0 Å². The molecule has 0 unspecified atom stereocenters. The first-order valence-electron chi connectivity index (χ1n) is 4.62. The lowest BCUT2D eigenvalue weighted by Gasteiger charge is -2.04. The van der Waals surface area contributed by atoms with E-state index in [2.05, 4.69) is 10.3 Å². The molecule has 4 nitrogen and oxygen atoms in total. The molecule has 1 aromatic carbocycles. The molecule has 3 N–H and O–H groups in total. The van der Waals surface area contributed by atoms with Crippen LogP contribution in [0.2, 0.25) is 0 Å². The third kappa shape index (κ3) is 2.74. The number of aryl methyl sites for hydroxylation is 1. The van der Waals surface area contributed by atoms with Crippen LogP contribution in [0.1, 0.15) is 23.6 Å². The molecule has 0 aliphatic rings. The number of amidine groups is 1. The summed E-state index contributed by atoms with van der Waals surface area (Å²) in [6.45, 7) is 3.99. The van der Waals surface area contributed by atoms with E-state index in [4.69, 9.17) is 11.3 Å². The van der Waals surface area contributed by atoms with E-state index in [0.717, 1.165) is 11.1 Å². The van der Waals surface area contributed by atoms with Gasteiger partial charge in [0.15, 0.2) is 5.84 Å². The van der Waals surface area contributed by atoms with Gasteiger partial charge in [-0.05, 0) is 31.0 Å². The van der Waals surface area contributed by atoms with Gasteiger partial charge in [0.1, 0.15) is 0 Å². The summed E-state index contributed by atoms with van der Waals surface area (Å²) < 4.78 is 0. The second-order valence-electron chi connectivity index (χ2n) is 3.16. The van der Waals surface area contributed by atoms with Crippen LogP contribution in [0.15, 0.2) is 34.6 Å². The van der Waals surface area contributed by atoms with E-state index in [1.54, 1.807) is 0 Å². The van der Waals surface area contributed by atoms with Crippen molar-refractivity contribution in [1.29, 1.82) is 5.53 Å². The normalized spacial score (nSPS) is 12.0. The molecule has 78 valence electrons. The Labute approximate surface area is 89.0 Å². The molecule has 0 radical (unpaired) electrons. The van der Waals surface area contributed by atoms with Gasteiger partial charge in [-0.25, -0.2) is 0 Å². The van der Waals surface area contributed by atoms with Crippen LogP contribution in [0.25, 0.3) is 6.08 Å². The predicted octanol–water partition coefficient (Wildman–Crippen LogP) is 2.68. The molecule has 0 fully saturated rings. The maximum Gasteiger partial charge on any atom is 0.155 e. The Morgan fingerprint density at radius 1 is 1.47 bits per heavy atom. The number of nitrogens with one attached hydrogen (secondary N) is 1. The Morgan fingerprint density at radius 2 is 2.20 bits per heavy atom. The Balaban J connectivity index is 3.18. The second-order valence-corrected chi connectivity index (χ2v) is 3.16. The smallest absolute Gasteiger partial charge is 0.155 e. The van der Waals surface area contributed by atoms with Crippen LogP contribution in [-0.2, 0) is 0 Å². The molecule has 0 saturated carbocycles. The summed E-state index contributed by atoms with van der Waals surface area (Å²) in [7, 11) is 0. The number of rotatable bonds is 3. The molecule has 15 heavy (non-hydrogen) atoms. The number of hydrogen-bond acceptors (Lipinski definition) is 2.